The summed E-state index contributed by atoms with van der Waals surface area (Å²) < 4.78 is 12.4. The molecule has 0 aliphatic rings. The van der Waals surface area contributed by atoms with Crippen molar-refractivity contribution in [3.05, 3.63) is 26.2 Å². The van der Waals surface area contributed by atoms with Gasteiger partial charge in [0.25, 0.3) is 0 Å². The smallest absolute Gasteiger partial charge is 0.344 e. The van der Waals surface area contributed by atoms with Gasteiger partial charge in [0.2, 0.25) is 0 Å². The van der Waals surface area contributed by atoms with Crippen molar-refractivity contribution in [1.82, 2.24) is 0 Å². The molecule has 0 radical (unpaired) electrons. The molecule has 0 heterocycles. The maximum absolute atomic E-state index is 11.5. The molecule has 17 heavy (non-hydrogen) atoms. The van der Waals surface area contributed by atoms with Crippen LogP contribution in [0.25, 0.3) is 0 Å². The summed E-state index contributed by atoms with van der Waals surface area (Å²) >= 11 is 5.51. The van der Waals surface area contributed by atoms with E-state index in [4.69, 9.17) is 9.47 Å². The van der Waals surface area contributed by atoms with E-state index in [1.54, 1.807) is 0 Å². The first-order valence-electron chi connectivity index (χ1n) is 5.07. The normalized spacial score (nSPS) is 11.1. The monoisotopic (exact) mass is 412 g/mol. The molecule has 0 unspecified atom stereocenters. The Bertz CT molecular complexity index is 413. The van der Waals surface area contributed by atoms with E-state index in [0.29, 0.717) is 5.75 Å². The molecule has 0 aliphatic heterocycles. The predicted octanol–water partition coefficient (Wildman–Crippen LogP) is 3.77. The van der Waals surface area contributed by atoms with Crippen molar-refractivity contribution in [1.29, 1.82) is 0 Å². The minimum atomic E-state index is -0.481. The Kier molecular flexibility index (Phi) is 5.24. The maximum atomic E-state index is 11.5. The zero-order valence-electron chi connectivity index (χ0n) is 9.92. The van der Waals surface area contributed by atoms with Gasteiger partial charge in [0, 0.05) is 4.47 Å². The Balaban J connectivity index is 2.56. The standard InChI is InChI=1S/C12H14BrIO3/c1-12(2,3)17-11(15)7-16-10-6-8(13)4-5-9(10)14/h4-6H,7H2,1-3H3. The molecule has 1 aromatic rings. The summed E-state index contributed by atoms with van der Waals surface area (Å²) in [5, 5.41) is 0. The summed E-state index contributed by atoms with van der Waals surface area (Å²) in [7, 11) is 0. The highest BCUT2D eigenvalue weighted by Gasteiger charge is 2.16. The third-order valence-corrected chi connectivity index (χ3v) is 3.04. The first-order valence-corrected chi connectivity index (χ1v) is 6.95. The van der Waals surface area contributed by atoms with E-state index in [1.807, 2.05) is 39.0 Å². The van der Waals surface area contributed by atoms with Crippen LogP contribution in [0.2, 0.25) is 0 Å². The van der Waals surface area contributed by atoms with Crippen LogP contribution in [0.4, 0.5) is 0 Å². The molecule has 0 aliphatic carbocycles. The Labute approximate surface area is 123 Å². The number of esters is 1. The molecule has 1 aromatic carbocycles. The van der Waals surface area contributed by atoms with Crippen LogP contribution in [-0.4, -0.2) is 18.2 Å². The molecule has 0 spiro atoms. The number of hydrogen-bond donors (Lipinski definition) is 0. The lowest BCUT2D eigenvalue weighted by Crippen LogP contribution is -2.27. The molecule has 1 rings (SSSR count). The molecule has 0 aromatic heterocycles. The number of rotatable bonds is 3. The molecule has 3 nitrogen and oxygen atoms in total. The predicted molar refractivity (Wildman–Crippen MR) is 78.2 cm³/mol. The van der Waals surface area contributed by atoms with E-state index in [9.17, 15) is 4.79 Å². The van der Waals surface area contributed by atoms with Gasteiger partial charge in [0.1, 0.15) is 11.4 Å². The molecule has 0 saturated carbocycles. The molecular formula is C12H14BrIO3. The second kappa shape index (κ2) is 6.04. The Hall–Kier alpha value is -0.300. The van der Waals surface area contributed by atoms with Crippen molar-refractivity contribution < 1.29 is 14.3 Å². The largest absolute Gasteiger partial charge is 0.481 e. The minimum absolute atomic E-state index is 0.0796. The maximum Gasteiger partial charge on any atom is 0.344 e. The van der Waals surface area contributed by atoms with Gasteiger partial charge in [-0.25, -0.2) is 4.79 Å². The number of carbonyl (C=O) groups excluding carboxylic acids is 1. The van der Waals surface area contributed by atoms with Gasteiger partial charge in [-0.15, -0.1) is 0 Å². The minimum Gasteiger partial charge on any atom is -0.481 e. The second-order valence-corrected chi connectivity index (χ2v) is 6.53. The van der Waals surface area contributed by atoms with Crippen molar-refractivity contribution in [2.45, 2.75) is 26.4 Å². The Morgan fingerprint density at radius 2 is 2.06 bits per heavy atom. The number of halogens is 2. The average Bonchev–Trinajstić information content (AvgIpc) is 2.17. The molecular weight excluding hydrogens is 399 g/mol. The molecule has 94 valence electrons. The van der Waals surface area contributed by atoms with Crippen LogP contribution in [0.15, 0.2) is 22.7 Å². The molecule has 0 fully saturated rings. The fraction of sp³-hybridized carbons (Fsp3) is 0.417. The average molecular weight is 413 g/mol. The lowest BCUT2D eigenvalue weighted by Gasteiger charge is -2.19. The van der Waals surface area contributed by atoms with Gasteiger partial charge in [-0.05, 0) is 61.6 Å². The van der Waals surface area contributed by atoms with Crippen molar-refractivity contribution in [2.75, 3.05) is 6.61 Å². The van der Waals surface area contributed by atoms with Crippen molar-refractivity contribution in [2.24, 2.45) is 0 Å². The van der Waals surface area contributed by atoms with Crippen LogP contribution in [0.1, 0.15) is 20.8 Å². The summed E-state index contributed by atoms with van der Waals surface area (Å²) in [5.74, 6) is 0.305. The van der Waals surface area contributed by atoms with E-state index in [2.05, 4.69) is 38.5 Å². The van der Waals surface area contributed by atoms with Gasteiger partial charge in [0.05, 0.1) is 3.57 Å². The quantitative estimate of drug-likeness (QED) is 0.559. The third-order valence-electron chi connectivity index (χ3n) is 1.66. The number of benzene rings is 1. The van der Waals surface area contributed by atoms with Gasteiger partial charge in [-0.1, -0.05) is 15.9 Å². The lowest BCUT2D eigenvalue weighted by molar-refractivity contribution is -0.157. The van der Waals surface area contributed by atoms with Gasteiger partial charge < -0.3 is 9.47 Å². The first kappa shape index (κ1) is 14.8. The summed E-state index contributed by atoms with van der Waals surface area (Å²) in [6, 6.07) is 5.66. The van der Waals surface area contributed by atoms with Crippen molar-refractivity contribution in [3.8, 4) is 5.75 Å². The molecule has 0 amide bonds. The topological polar surface area (TPSA) is 35.5 Å². The van der Waals surface area contributed by atoms with E-state index in [1.165, 1.54) is 0 Å². The second-order valence-electron chi connectivity index (χ2n) is 4.45. The Morgan fingerprint density at radius 1 is 1.41 bits per heavy atom. The van der Waals surface area contributed by atoms with Crippen LogP contribution < -0.4 is 4.74 Å². The number of carbonyl (C=O) groups is 1. The van der Waals surface area contributed by atoms with Crippen LogP contribution in [-0.2, 0) is 9.53 Å². The number of hydrogen-bond acceptors (Lipinski definition) is 3. The summed E-state index contributed by atoms with van der Waals surface area (Å²) in [6.07, 6.45) is 0. The molecule has 5 heteroatoms. The van der Waals surface area contributed by atoms with E-state index < -0.39 is 5.60 Å². The lowest BCUT2D eigenvalue weighted by atomic mass is 10.2. The van der Waals surface area contributed by atoms with Gasteiger partial charge in [-0.3, -0.25) is 0 Å². The zero-order valence-corrected chi connectivity index (χ0v) is 13.7. The van der Waals surface area contributed by atoms with Gasteiger partial charge in [-0.2, -0.15) is 0 Å². The van der Waals surface area contributed by atoms with Gasteiger partial charge >= 0.3 is 5.97 Å². The summed E-state index contributed by atoms with van der Waals surface area (Å²) in [6.45, 7) is 5.40. The van der Waals surface area contributed by atoms with Crippen molar-refractivity contribution >= 4 is 44.5 Å². The molecule has 0 bridgehead atoms. The summed E-state index contributed by atoms with van der Waals surface area (Å²) in [4.78, 5) is 11.5. The fourth-order valence-corrected chi connectivity index (χ4v) is 1.93. The van der Waals surface area contributed by atoms with E-state index >= 15 is 0 Å². The number of ether oxygens (including phenoxy) is 2. The van der Waals surface area contributed by atoms with Crippen LogP contribution in [0.5, 0.6) is 5.75 Å². The van der Waals surface area contributed by atoms with Gasteiger partial charge in [0.15, 0.2) is 6.61 Å². The fourth-order valence-electron chi connectivity index (χ4n) is 1.10. The highest BCUT2D eigenvalue weighted by Crippen LogP contribution is 2.25. The molecule has 0 N–H and O–H groups in total. The van der Waals surface area contributed by atoms with E-state index in [-0.39, 0.29) is 12.6 Å². The highest BCUT2D eigenvalue weighted by atomic mass is 127. The first-order chi connectivity index (χ1) is 7.78. The summed E-state index contributed by atoms with van der Waals surface area (Å²) in [5.41, 5.74) is -0.481. The SMILES string of the molecule is CC(C)(C)OC(=O)COc1cc(Br)ccc1I. The third kappa shape index (κ3) is 5.72. The highest BCUT2D eigenvalue weighted by molar-refractivity contribution is 14.1. The van der Waals surface area contributed by atoms with Crippen LogP contribution in [0, 0.1) is 3.57 Å². The van der Waals surface area contributed by atoms with Crippen molar-refractivity contribution in [3.63, 3.8) is 0 Å². The van der Waals surface area contributed by atoms with Crippen LogP contribution >= 0.6 is 38.5 Å². The molecule has 0 saturated heterocycles. The Morgan fingerprint density at radius 3 is 2.65 bits per heavy atom. The zero-order chi connectivity index (χ0) is 13.1. The van der Waals surface area contributed by atoms with Crippen LogP contribution in [0.3, 0.4) is 0 Å². The molecule has 0 atom stereocenters. The van der Waals surface area contributed by atoms with E-state index in [0.717, 1.165) is 8.04 Å².